The first-order valence-corrected chi connectivity index (χ1v) is 10.1. The van der Waals surface area contributed by atoms with Gasteiger partial charge in [0.1, 0.15) is 0 Å². The van der Waals surface area contributed by atoms with Crippen molar-refractivity contribution in [3.8, 4) is 0 Å². The smallest absolute Gasteiger partial charge is 0.264 e. The molecule has 1 aliphatic rings. The lowest BCUT2D eigenvalue weighted by molar-refractivity contribution is -0.115. The molecule has 1 aromatic heterocycles. The van der Waals surface area contributed by atoms with Gasteiger partial charge in [-0.2, -0.15) is 0 Å². The lowest BCUT2D eigenvalue weighted by Gasteiger charge is -2.25. The monoisotopic (exact) mass is 421 g/mol. The Morgan fingerprint density at radius 1 is 1.22 bits per heavy atom. The highest BCUT2D eigenvalue weighted by molar-refractivity contribution is 8.18. The first-order chi connectivity index (χ1) is 12.6. The van der Waals surface area contributed by atoms with Gasteiger partial charge in [0.25, 0.3) is 5.91 Å². The molecule has 1 amide bonds. The molecule has 2 aromatic rings. The Hall–Kier alpha value is -1.69. The van der Waals surface area contributed by atoms with Crippen LogP contribution >= 0.6 is 35.0 Å². The topological polar surface area (TPSA) is 46.4 Å². The Kier molecular flexibility index (Phi) is 5.48. The quantitative estimate of drug-likeness (QED) is 0.598. The normalized spacial score (nSPS) is 17.8. The Labute approximate surface area is 173 Å². The molecule has 4 nitrogen and oxygen atoms in total. The number of rotatable bonds is 2. The van der Waals surface area contributed by atoms with Crippen LogP contribution in [-0.2, 0) is 10.3 Å². The number of aromatic nitrogens is 1. The fourth-order valence-corrected chi connectivity index (χ4v) is 4.44. The van der Waals surface area contributed by atoms with E-state index < -0.39 is 0 Å². The van der Waals surface area contributed by atoms with Crippen molar-refractivity contribution in [2.45, 2.75) is 40.2 Å². The summed E-state index contributed by atoms with van der Waals surface area (Å²) in [6, 6.07) is 7.33. The average Bonchev–Trinajstić information content (AvgIpc) is 3.03. The van der Waals surface area contributed by atoms with Gasteiger partial charge in [0.2, 0.25) is 0 Å². The molecule has 142 valence electrons. The summed E-state index contributed by atoms with van der Waals surface area (Å²) < 4.78 is 2.28. The standard InChI is InChI=1S/C20H21Cl2N3OS/c1-11-9-13(12(2)25(11)20(3,4)5)10-16-18(26)24-19(27-16)23-15-8-6-7-14(21)17(15)22/h6-10H,1-5H3,(H,23,24,26)/b16-10+. The van der Waals surface area contributed by atoms with Gasteiger partial charge in [-0.05, 0) is 76.2 Å². The summed E-state index contributed by atoms with van der Waals surface area (Å²) in [5.41, 5.74) is 3.83. The number of amides is 1. The number of carbonyl (C=O) groups excluding carboxylic acids is 1. The van der Waals surface area contributed by atoms with E-state index in [1.165, 1.54) is 11.8 Å². The highest BCUT2D eigenvalue weighted by Crippen LogP contribution is 2.35. The third kappa shape index (κ3) is 4.10. The van der Waals surface area contributed by atoms with Crippen LogP contribution in [0.3, 0.4) is 0 Å². The van der Waals surface area contributed by atoms with Crippen molar-refractivity contribution in [3.63, 3.8) is 0 Å². The number of aliphatic imine (C=N–C) groups is 1. The van der Waals surface area contributed by atoms with Crippen LogP contribution in [0.15, 0.2) is 34.2 Å². The van der Waals surface area contributed by atoms with Gasteiger partial charge >= 0.3 is 0 Å². The molecular weight excluding hydrogens is 401 g/mol. The third-order valence-corrected chi connectivity index (χ3v) is 5.95. The summed E-state index contributed by atoms with van der Waals surface area (Å²) in [7, 11) is 0. The first-order valence-electron chi connectivity index (χ1n) is 8.51. The van der Waals surface area contributed by atoms with E-state index in [9.17, 15) is 4.79 Å². The van der Waals surface area contributed by atoms with Gasteiger partial charge in [-0.3, -0.25) is 4.79 Å². The molecule has 1 aliphatic heterocycles. The van der Waals surface area contributed by atoms with Crippen molar-refractivity contribution >= 4 is 57.8 Å². The number of amidine groups is 1. The van der Waals surface area contributed by atoms with Gasteiger partial charge in [-0.25, -0.2) is 4.99 Å². The molecule has 0 aliphatic carbocycles. The van der Waals surface area contributed by atoms with E-state index in [1.54, 1.807) is 18.2 Å². The number of benzene rings is 1. The third-order valence-electron chi connectivity index (χ3n) is 4.23. The molecule has 0 bridgehead atoms. The molecular formula is C20H21Cl2N3OS. The van der Waals surface area contributed by atoms with Crippen LogP contribution < -0.4 is 5.32 Å². The van der Waals surface area contributed by atoms with Crippen molar-refractivity contribution in [2.75, 3.05) is 0 Å². The predicted molar refractivity (Wildman–Crippen MR) is 116 cm³/mol. The number of nitrogens with zero attached hydrogens (tertiary/aromatic N) is 2. The molecule has 2 heterocycles. The number of hydrogen-bond donors (Lipinski definition) is 1. The number of hydrogen-bond acceptors (Lipinski definition) is 3. The zero-order chi connectivity index (χ0) is 19.9. The largest absolute Gasteiger partial charge is 0.343 e. The van der Waals surface area contributed by atoms with Gasteiger partial charge in [-0.15, -0.1) is 0 Å². The molecule has 0 saturated carbocycles. The highest BCUT2D eigenvalue weighted by Gasteiger charge is 2.26. The molecule has 0 atom stereocenters. The number of thioether (sulfide) groups is 1. The summed E-state index contributed by atoms with van der Waals surface area (Å²) in [5.74, 6) is -0.169. The van der Waals surface area contributed by atoms with Crippen LogP contribution in [0.25, 0.3) is 6.08 Å². The van der Waals surface area contributed by atoms with Gasteiger partial charge in [0.05, 0.1) is 20.6 Å². The van der Waals surface area contributed by atoms with Crippen LogP contribution in [-0.4, -0.2) is 15.6 Å². The maximum atomic E-state index is 12.4. The summed E-state index contributed by atoms with van der Waals surface area (Å²) >= 11 is 13.5. The fourth-order valence-electron chi connectivity index (χ4n) is 3.28. The van der Waals surface area contributed by atoms with E-state index in [4.69, 9.17) is 23.2 Å². The maximum absolute atomic E-state index is 12.4. The molecule has 1 N–H and O–H groups in total. The number of nitrogens with one attached hydrogen (secondary N) is 1. The molecule has 0 radical (unpaired) electrons. The zero-order valence-corrected chi connectivity index (χ0v) is 18.2. The van der Waals surface area contributed by atoms with E-state index >= 15 is 0 Å². The average molecular weight is 422 g/mol. The van der Waals surface area contributed by atoms with Crippen LogP contribution in [0.5, 0.6) is 0 Å². The molecule has 1 aromatic carbocycles. The lowest BCUT2D eigenvalue weighted by Crippen LogP contribution is -2.24. The summed E-state index contributed by atoms with van der Waals surface area (Å²) in [6.07, 6.45) is 1.91. The molecule has 1 fully saturated rings. The number of carbonyl (C=O) groups is 1. The summed E-state index contributed by atoms with van der Waals surface area (Å²) in [5, 5.41) is 4.07. The van der Waals surface area contributed by atoms with Crippen LogP contribution in [0, 0.1) is 13.8 Å². The Bertz CT molecular complexity index is 984. The summed E-state index contributed by atoms with van der Waals surface area (Å²) in [6.45, 7) is 10.7. The minimum Gasteiger partial charge on any atom is -0.343 e. The molecule has 7 heteroatoms. The van der Waals surface area contributed by atoms with Gasteiger partial charge < -0.3 is 9.88 Å². The van der Waals surface area contributed by atoms with Crippen LogP contribution in [0.2, 0.25) is 10.0 Å². The SMILES string of the molecule is Cc1cc(/C=C2/SC(=Nc3cccc(Cl)c3Cl)NC2=O)c(C)n1C(C)(C)C. The van der Waals surface area contributed by atoms with Crippen molar-refractivity contribution < 1.29 is 4.79 Å². The molecule has 0 spiro atoms. The lowest BCUT2D eigenvalue weighted by atomic mass is 10.1. The van der Waals surface area contributed by atoms with E-state index in [-0.39, 0.29) is 11.4 Å². The van der Waals surface area contributed by atoms with E-state index in [0.717, 1.165) is 17.0 Å². The van der Waals surface area contributed by atoms with Crippen LogP contribution in [0.4, 0.5) is 5.69 Å². The number of halogens is 2. The summed E-state index contributed by atoms with van der Waals surface area (Å²) in [4.78, 5) is 17.4. The molecule has 3 rings (SSSR count). The van der Waals surface area contributed by atoms with E-state index in [0.29, 0.717) is 25.8 Å². The van der Waals surface area contributed by atoms with Crippen molar-refractivity contribution in [1.82, 2.24) is 9.88 Å². The van der Waals surface area contributed by atoms with Crippen molar-refractivity contribution in [2.24, 2.45) is 4.99 Å². The fraction of sp³-hybridized carbons (Fsp3) is 0.300. The van der Waals surface area contributed by atoms with Crippen molar-refractivity contribution in [1.29, 1.82) is 0 Å². The van der Waals surface area contributed by atoms with Gasteiger partial charge in [0, 0.05) is 16.9 Å². The number of aryl methyl sites for hydroxylation is 1. The van der Waals surface area contributed by atoms with Gasteiger partial charge in [-0.1, -0.05) is 29.3 Å². The second-order valence-corrected chi connectivity index (χ2v) is 9.20. The highest BCUT2D eigenvalue weighted by atomic mass is 35.5. The Balaban J connectivity index is 1.93. The predicted octanol–water partition coefficient (Wildman–Crippen LogP) is 6.06. The minimum absolute atomic E-state index is 0.0219. The van der Waals surface area contributed by atoms with Crippen molar-refractivity contribution in [3.05, 3.63) is 56.2 Å². The van der Waals surface area contributed by atoms with E-state index in [2.05, 4.69) is 55.6 Å². The Morgan fingerprint density at radius 2 is 1.93 bits per heavy atom. The van der Waals surface area contributed by atoms with Gasteiger partial charge in [0.15, 0.2) is 5.17 Å². The molecule has 1 saturated heterocycles. The maximum Gasteiger partial charge on any atom is 0.264 e. The first kappa shape index (κ1) is 20.1. The zero-order valence-electron chi connectivity index (χ0n) is 15.9. The second-order valence-electron chi connectivity index (χ2n) is 7.39. The molecule has 27 heavy (non-hydrogen) atoms. The van der Waals surface area contributed by atoms with Crippen LogP contribution in [0.1, 0.15) is 37.7 Å². The molecule has 0 unspecified atom stereocenters. The Morgan fingerprint density at radius 3 is 2.56 bits per heavy atom. The second kappa shape index (κ2) is 7.38. The minimum atomic E-state index is -0.169. The van der Waals surface area contributed by atoms with E-state index in [1.807, 2.05) is 6.08 Å².